The average molecular weight is 318 g/mol. The second kappa shape index (κ2) is 8.06. The van der Waals surface area contributed by atoms with Crippen LogP contribution in [0.15, 0.2) is 35.8 Å². The van der Waals surface area contributed by atoms with Gasteiger partial charge in [0.05, 0.1) is 4.88 Å². The number of aromatic nitrogens is 1. The van der Waals surface area contributed by atoms with Crippen molar-refractivity contribution in [3.63, 3.8) is 0 Å². The fourth-order valence-corrected chi connectivity index (χ4v) is 3.26. The molecule has 5 heteroatoms. The molecule has 2 heterocycles. The van der Waals surface area contributed by atoms with E-state index in [9.17, 15) is 9.90 Å². The number of aliphatic hydroxyl groups excluding tert-OH is 1. The molecule has 2 aromatic heterocycles. The molecule has 1 amide bonds. The maximum absolute atomic E-state index is 12.3. The van der Waals surface area contributed by atoms with Crippen molar-refractivity contribution in [2.75, 3.05) is 13.2 Å². The summed E-state index contributed by atoms with van der Waals surface area (Å²) in [5.41, 5.74) is 2.00. The van der Waals surface area contributed by atoms with Gasteiger partial charge in [0, 0.05) is 31.0 Å². The Balaban J connectivity index is 1.92. The summed E-state index contributed by atoms with van der Waals surface area (Å²) in [6.45, 7) is 4.63. The summed E-state index contributed by atoms with van der Waals surface area (Å²) in [4.78, 5) is 17.3. The quantitative estimate of drug-likeness (QED) is 0.825. The van der Waals surface area contributed by atoms with Crippen LogP contribution in [0, 0.1) is 5.92 Å². The van der Waals surface area contributed by atoms with Crippen LogP contribution < -0.4 is 5.32 Å². The Bertz CT molecular complexity index is 596. The first-order valence-corrected chi connectivity index (χ1v) is 8.36. The third kappa shape index (κ3) is 4.39. The number of carbonyl (C=O) groups is 1. The molecule has 1 atom stereocenters. The van der Waals surface area contributed by atoms with Crippen LogP contribution in [0.5, 0.6) is 0 Å². The fraction of sp³-hybridized carbons (Fsp3) is 0.412. The number of nitrogens with one attached hydrogen (secondary N) is 1. The van der Waals surface area contributed by atoms with Crippen molar-refractivity contribution in [2.45, 2.75) is 26.2 Å². The molecule has 2 aromatic rings. The molecule has 0 saturated carbocycles. The Kier molecular flexibility index (Phi) is 6.10. The van der Waals surface area contributed by atoms with Crippen molar-refractivity contribution in [1.82, 2.24) is 10.3 Å². The summed E-state index contributed by atoms with van der Waals surface area (Å²) in [6.07, 6.45) is 2.39. The van der Waals surface area contributed by atoms with Crippen molar-refractivity contribution in [2.24, 2.45) is 5.92 Å². The highest BCUT2D eigenvalue weighted by Crippen LogP contribution is 2.24. The molecule has 0 aromatic carbocycles. The highest BCUT2D eigenvalue weighted by molar-refractivity contribution is 7.12. The third-order valence-electron chi connectivity index (χ3n) is 3.56. The van der Waals surface area contributed by atoms with Gasteiger partial charge in [-0.1, -0.05) is 19.9 Å². The van der Waals surface area contributed by atoms with Gasteiger partial charge in [-0.3, -0.25) is 9.78 Å². The zero-order valence-corrected chi connectivity index (χ0v) is 13.8. The monoisotopic (exact) mass is 318 g/mol. The minimum atomic E-state index is -0.0572. The van der Waals surface area contributed by atoms with Crippen LogP contribution in [0.25, 0.3) is 0 Å². The number of aliphatic hydroxyl groups is 1. The molecular weight excluding hydrogens is 296 g/mol. The first-order chi connectivity index (χ1) is 10.6. The van der Waals surface area contributed by atoms with Gasteiger partial charge in [-0.15, -0.1) is 11.3 Å². The van der Waals surface area contributed by atoms with E-state index >= 15 is 0 Å². The molecule has 0 aliphatic heterocycles. The number of hydrogen-bond acceptors (Lipinski definition) is 4. The molecule has 0 bridgehead atoms. The number of nitrogens with zero attached hydrogens (tertiary/aromatic N) is 1. The molecule has 0 saturated heterocycles. The number of thiophene rings is 1. The number of hydrogen-bond donors (Lipinski definition) is 2. The van der Waals surface area contributed by atoms with Crippen LogP contribution in [0.1, 0.15) is 40.7 Å². The summed E-state index contributed by atoms with van der Waals surface area (Å²) in [7, 11) is 0. The lowest BCUT2D eigenvalue weighted by Gasteiger charge is -2.15. The molecule has 0 aliphatic rings. The molecular formula is C17H22N2O2S. The van der Waals surface area contributed by atoms with Crippen LogP contribution >= 0.6 is 11.3 Å². The van der Waals surface area contributed by atoms with Crippen molar-refractivity contribution in [3.05, 3.63) is 52.0 Å². The van der Waals surface area contributed by atoms with Crippen molar-refractivity contribution in [3.8, 4) is 0 Å². The normalized spacial score (nSPS) is 12.4. The van der Waals surface area contributed by atoms with E-state index in [0.29, 0.717) is 18.9 Å². The number of pyridine rings is 1. The van der Waals surface area contributed by atoms with Gasteiger partial charge in [0.25, 0.3) is 5.91 Å². The summed E-state index contributed by atoms with van der Waals surface area (Å²) in [5.74, 6) is 0.244. The van der Waals surface area contributed by atoms with Gasteiger partial charge in [0.15, 0.2) is 0 Å². The van der Waals surface area contributed by atoms with E-state index in [1.54, 1.807) is 6.20 Å². The lowest BCUT2D eigenvalue weighted by atomic mass is 10.0. The van der Waals surface area contributed by atoms with E-state index in [2.05, 4.69) is 24.1 Å². The maximum atomic E-state index is 12.3. The summed E-state index contributed by atoms with van der Waals surface area (Å²) in [5, 5.41) is 14.4. The molecule has 22 heavy (non-hydrogen) atoms. The topological polar surface area (TPSA) is 62.2 Å². The minimum Gasteiger partial charge on any atom is -0.396 e. The van der Waals surface area contributed by atoms with E-state index in [4.69, 9.17) is 0 Å². The Morgan fingerprint density at radius 1 is 1.36 bits per heavy atom. The second-order valence-corrected chi connectivity index (χ2v) is 6.56. The molecule has 0 fully saturated rings. The van der Waals surface area contributed by atoms with E-state index in [1.807, 2.05) is 29.6 Å². The van der Waals surface area contributed by atoms with Crippen LogP contribution in [0.3, 0.4) is 0 Å². The summed E-state index contributed by atoms with van der Waals surface area (Å²) < 4.78 is 0. The number of carbonyl (C=O) groups excluding carboxylic acids is 1. The fourth-order valence-electron chi connectivity index (χ4n) is 2.29. The molecule has 2 N–H and O–H groups in total. The van der Waals surface area contributed by atoms with E-state index in [0.717, 1.165) is 16.1 Å². The standard InChI is InChI=1S/C17H22N2O2S/c1-12(2)15-6-8-22-16(15)17(21)19-10-13(11-20)9-14-5-3-4-7-18-14/h3-8,12-13,20H,9-11H2,1-2H3,(H,19,21). The lowest BCUT2D eigenvalue weighted by molar-refractivity contribution is 0.0942. The number of rotatable bonds is 7. The van der Waals surface area contributed by atoms with Crippen LogP contribution in [0.4, 0.5) is 0 Å². The van der Waals surface area contributed by atoms with Crippen molar-refractivity contribution >= 4 is 17.2 Å². The van der Waals surface area contributed by atoms with Gasteiger partial charge in [0.2, 0.25) is 0 Å². The zero-order valence-electron chi connectivity index (χ0n) is 13.0. The molecule has 0 radical (unpaired) electrons. The molecule has 0 aliphatic carbocycles. The number of amides is 1. The first-order valence-electron chi connectivity index (χ1n) is 7.48. The van der Waals surface area contributed by atoms with E-state index in [1.165, 1.54) is 11.3 Å². The maximum Gasteiger partial charge on any atom is 0.261 e. The van der Waals surface area contributed by atoms with Gasteiger partial charge in [-0.2, -0.15) is 0 Å². The van der Waals surface area contributed by atoms with Crippen molar-refractivity contribution in [1.29, 1.82) is 0 Å². The Morgan fingerprint density at radius 3 is 2.82 bits per heavy atom. The van der Waals surface area contributed by atoms with Gasteiger partial charge in [0.1, 0.15) is 0 Å². The average Bonchev–Trinajstić information content (AvgIpc) is 3.02. The smallest absolute Gasteiger partial charge is 0.261 e. The van der Waals surface area contributed by atoms with Gasteiger partial charge in [-0.05, 0) is 41.5 Å². The first kappa shape index (κ1) is 16.6. The van der Waals surface area contributed by atoms with Crippen LogP contribution in [-0.2, 0) is 6.42 Å². The predicted octanol–water partition coefficient (Wildman–Crippen LogP) is 2.85. The van der Waals surface area contributed by atoms with Crippen LogP contribution in [-0.4, -0.2) is 29.1 Å². The van der Waals surface area contributed by atoms with Crippen molar-refractivity contribution < 1.29 is 9.90 Å². The lowest BCUT2D eigenvalue weighted by Crippen LogP contribution is -2.32. The van der Waals surface area contributed by atoms with E-state index < -0.39 is 0 Å². The zero-order chi connectivity index (χ0) is 15.9. The minimum absolute atomic E-state index is 0.0261. The highest BCUT2D eigenvalue weighted by Gasteiger charge is 2.17. The highest BCUT2D eigenvalue weighted by atomic mass is 32.1. The van der Waals surface area contributed by atoms with Gasteiger partial charge < -0.3 is 10.4 Å². The Hall–Kier alpha value is -1.72. The summed E-state index contributed by atoms with van der Waals surface area (Å²) >= 11 is 1.46. The molecule has 2 rings (SSSR count). The molecule has 118 valence electrons. The second-order valence-electron chi connectivity index (χ2n) is 5.64. The molecule has 1 unspecified atom stereocenters. The third-order valence-corrected chi connectivity index (χ3v) is 4.49. The SMILES string of the molecule is CC(C)c1ccsc1C(=O)NCC(CO)Cc1ccccn1. The molecule has 0 spiro atoms. The van der Waals surface area contributed by atoms with Gasteiger partial charge >= 0.3 is 0 Å². The van der Waals surface area contributed by atoms with Crippen LogP contribution in [0.2, 0.25) is 0 Å². The predicted molar refractivity (Wildman–Crippen MR) is 89.3 cm³/mol. The Morgan fingerprint density at radius 2 is 2.18 bits per heavy atom. The Labute approximate surface area is 135 Å². The van der Waals surface area contributed by atoms with E-state index in [-0.39, 0.29) is 18.4 Å². The largest absolute Gasteiger partial charge is 0.396 e. The molecule has 4 nitrogen and oxygen atoms in total. The van der Waals surface area contributed by atoms with Gasteiger partial charge in [-0.25, -0.2) is 0 Å². The summed E-state index contributed by atoms with van der Waals surface area (Å²) in [6, 6.07) is 7.72.